The van der Waals surface area contributed by atoms with Crippen molar-refractivity contribution in [2.75, 3.05) is 11.4 Å². The molecule has 92 valence electrons. The van der Waals surface area contributed by atoms with Crippen LogP contribution in [0.3, 0.4) is 0 Å². The zero-order valence-electron chi connectivity index (χ0n) is 9.88. The van der Waals surface area contributed by atoms with E-state index in [0.717, 1.165) is 5.56 Å². The number of carbonyl (C=O) groups excluding carboxylic acids is 1. The molecular formula is C11H16N4OS. The zero-order valence-corrected chi connectivity index (χ0v) is 10.7. The summed E-state index contributed by atoms with van der Waals surface area (Å²) in [7, 11) is 0. The minimum absolute atomic E-state index is 0.108. The van der Waals surface area contributed by atoms with Gasteiger partial charge < -0.3 is 16.4 Å². The van der Waals surface area contributed by atoms with E-state index in [9.17, 15) is 4.79 Å². The summed E-state index contributed by atoms with van der Waals surface area (Å²) in [5, 5.41) is 0. The fourth-order valence-electron chi connectivity index (χ4n) is 1.42. The predicted molar refractivity (Wildman–Crippen MR) is 71.8 cm³/mol. The molecule has 6 heteroatoms. The maximum Gasteiger partial charge on any atom is 0.237 e. The third-order valence-corrected chi connectivity index (χ3v) is 2.51. The van der Waals surface area contributed by atoms with Crippen molar-refractivity contribution in [3.8, 4) is 0 Å². The number of pyridine rings is 1. The molecule has 1 aromatic rings. The highest BCUT2D eigenvalue weighted by atomic mass is 32.1. The van der Waals surface area contributed by atoms with Crippen LogP contribution in [0.4, 0.5) is 5.82 Å². The highest BCUT2D eigenvalue weighted by Crippen LogP contribution is 2.15. The van der Waals surface area contributed by atoms with Crippen LogP contribution in [-0.2, 0) is 4.79 Å². The van der Waals surface area contributed by atoms with Crippen molar-refractivity contribution in [3.05, 3.63) is 23.9 Å². The van der Waals surface area contributed by atoms with E-state index in [4.69, 9.17) is 23.7 Å². The second-order valence-electron chi connectivity index (χ2n) is 3.95. The van der Waals surface area contributed by atoms with Gasteiger partial charge in [-0.2, -0.15) is 0 Å². The highest BCUT2D eigenvalue weighted by Gasteiger charge is 2.14. The Morgan fingerprint density at radius 2 is 2.18 bits per heavy atom. The number of aromatic nitrogens is 1. The van der Waals surface area contributed by atoms with E-state index in [0.29, 0.717) is 10.8 Å². The van der Waals surface area contributed by atoms with Gasteiger partial charge in [0.2, 0.25) is 5.91 Å². The first-order valence-electron chi connectivity index (χ1n) is 5.22. The highest BCUT2D eigenvalue weighted by molar-refractivity contribution is 7.80. The molecule has 0 radical (unpaired) electrons. The number of nitrogens with zero attached hydrogens (tertiary/aromatic N) is 2. The van der Waals surface area contributed by atoms with Crippen LogP contribution >= 0.6 is 12.2 Å². The lowest BCUT2D eigenvalue weighted by atomic mass is 10.2. The van der Waals surface area contributed by atoms with E-state index in [2.05, 4.69) is 4.98 Å². The van der Waals surface area contributed by atoms with E-state index in [-0.39, 0.29) is 12.6 Å². The van der Waals surface area contributed by atoms with Gasteiger partial charge in [-0.05, 0) is 26.0 Å². The van der Waals surface area contributed by atoms with Gasteiger partial charge in [0.25, 0.3) is 0 Å². The van der Waals surface area contributed by atoms with Crippen molar-refractivity contribution in [1.29, 1.82) is 0 Å². The van der Waals surface area contributed by atoms with E-state index in [1.165, 1.54) is 0 Å². The average Bonchev–Trinajstić information content (AvgIpc) is 2.25. The number of thiocarbonyl (C=S) groups is 1. The average molecular weight is 252 g/mol. The van der Waals surface area contributed by atoms with Crippen LogP contribution in [0, 0.1) is 0 Å². The van der Waals surface area contributed by atoms with Crippen LogP contribution in [0.2, 0.25) is 0 Å². The van der Waals surface area contributed by atoms with Crippen molar-refractivity contribution in [2.45, 2.75) is 19.9 Å². The van der Waals surface area contributed by atoms with E-state index < -0.39 is 5.91 Å². The minimum atomic E-state index is -0.402. The Morgan fingerprint density at radius 1 is 1.53 bits per heavy atom. The molecule has 0 saturated heterocycles. The van der Waals surface area contributed by atoms with Gasteiger partial charge in [0.05, 0.1) is 6.54 Å². The number of nitrogens with two attached hydrogens (primary N) is 2. The molecule has 1 heterocycles. The Balaban J connectivity index is 3.05. The second-order valence-corrected chi connectivity index (χ2v) is 4.39. The maximum absolute atomic E-state index is 11.0. The lowest BCUT2D eigenvalue weighted by Gasteiger charge is -2.26. The molecule has 4 N–H and O–H groups in total. The van der Waals surface area contributed by atoms with Gasteiger partial charge in [-0.3, -0.25) is 4.79 Å². The van der Waals surface area contributed by atoms with Crippen LogP contribution < -0.4 is 16.4 Å². The van der Waals surface area contributed by atoms with Crippen LogP contribution in [0.5, 0.6) is 0 Å². The standard InChI is InChI=1S/C11H16N4OS/c1-7(2)15(6-9(12)16)10-5-8(11(13)17)3-4-14-10/h3-5,7H,6H2,1-2H3,(H2,12,16)(H2,13,17). The number of hydrogen-bond acceptors (Lipinski definition) is 4. The molecule has 0 aliphatic heterocycles. The van der Waals surface area contributed by atoms with Gasteiger partial charge in [0, 0.05) is 17.8 Å². The molecule has 5 nitrogen and oxygen atoms in total. The molecule has 0 aromatic carbocycles. The first-order valence-corrected chi connectivity index (χ1v) is 5.63. The summed E-state index contributed by atoms with van der Waals surface area (Å²) in [6.07, 6.45) is 1.61. The number of rotatable bonds is 5. The number of primary amides is 1. The van der Waals surface area contributed by atoms with Gasteiger partial charge in [-0.1, -0.05) is 12.2 Å². The van der Waals surface area contributed by atoms with Crippen molar-refractivity contribution in [2.24, 2.45) is 11.5 Å². The number of hydrogen-bond donors (Lipinski definition) is 2. The summed E-state index contributed by atoms with van der Waals surface area (Å²) in [6, 6.07) is 3.59. The molecule has 0 fully saturated rings. The molecular weight excluding hydrogens is 236 g/mol. The molecule has 0 bridgehead atoms. The second kappa shape index (κ2) is 5.58. The molecule has 0 aliphatic rings. The quantitative estimate of drug-likeness (QED) is 0.742. The van der Waals surface area contributed by atoms with Gasteiger partial charge >= 0.3 is 0 Å². The topological polar surface area (TPSA) is 85.2 Å². The molecule has 1 aromatic heterocycles. The van der Waals surface area contributed by atoms with Gasteiger partial charge in [0.15, 0.2) is 0 Å². The van der Waals surface area contributed by atoms with E-state index in [1.54, 1.807) is 23.2 Å². The van der Waals surface area contributed by atoms with Crippen molar-refractivity contribution >= 4 is 28.9 Å². The van der Waals surface area contributed by atoms with E-state index in [1.807, 2.05) is 13.8 Å². The van der Waals surface area contributed by atoms with Crippen molar-refractivity contribution < 1.29 is 4.79 Å². The Kier molecular flexibility index (Phi) is 4.39. The van der Waals surface area contributed by atoms with Crippen molar-refractivity contribution in [3.63, 3.8) is 0 Å². The van der Waals surface area contributed by atoms with Crippen molar-refractivity contribution in [1.82, 2.24) is 4.98 Å². The van der Waals surface area contributed by atoms with E-state index >= 15 is 0 Å². The molecule has 1 rings (SSSR count). The lowest BCUT2D eigenvalue weighted by Crippen LogP contribution is -2.39. The SMILES string of the molecule is CC(C)N(CC(N)=O)c1cc(C(N)=S)ccn1. The van der Waals surface area contributed by atoms with Crippen LogP contribution in [0.15, 0.2) is 18.3 Å². The Hall–Kier alpha value is -1.69. The lowest BCUT2D eigenvalue weighted by molar-refractivity contribution is -0.116. The maximum atomic E-state index is 11.0. The normalized spacial score (nSPS) is 10.3. The summed E-state index contributed by atoms with van der Waals surface area (Å²) in [5.41, 5.74) is 11.5. The summed E-state index contributed by atoms with van der Waals surface area (Å²) < 4.78 is 0. The predicted octanol–water partition coefficient (Wildman–Crippen LogP) is 0.416. The summed E-state index contributed by atoms with van der Waals surface area (Å²) in [4.78, 5) is 17.3. The summed E-state index contributed by atoms with van der Waals surface area (Å²) >= 11 is 4.90. The van der Waals surface area contributed by atoms with Gasteiger partial charge in [-0.25, -0.2) is 4.98 Å². The number of anilines is 1. The largest absolute Gasteiger partial charge is 0.389 e. The Labute approximate surface area is 106 Å². The van der Waals surface area contributed by atoms with Crippen LogP contribution in [-0.4, -0.2) is 28.5 Å². The molecule has 0 spiro atoms. The molecule has 0 unspecified atom stereocenters. The first-order chi connectivity index (χ1) is 7.91. The summed E-state index contributed by atoms with van der Waals surface area (Å²) in [6.45, 7) is 4.03. The Bertz CT molecular complexity index is 433. The molecule has 0 aliphatic carbocycles. The number of amides is 1. The Morgan fingerprint density at radius 3 is 2.65 bits per heavy atom. The molecule has 0 atom stereocenters. The fourth-order valence-corrected chi connectivity index (χ4v) is 1.55. The molecule has 0 saturated carbocycles. The zero-order chi connectivity index (χ0) is 13.0. The van der Waals surface area contributed by atoms with Crippen LogP contribution in [0.1, 0.15) is 19.4 Å². The monoisotopic (exact) mass is 252 g/mol. The molecule has 1 amide bonds. The third kappa shape index (κ3) is 3.67. The molecule has 17 heavy (non-hydrogen) atoms. The van der Waals surface area contributed by atoms with Crippen LogP contribution in [0.25, 0.3) is 0 Å². The minimum Gasteiger partial charge on any atom is -0.389 e. The number of carbonyl (C=O) groups is 1. The summed E-state index contributed by atoms with van der Waals surface area (Å²) in [5.74, 6) is 0.241. The fraction of sp³-hybridized carbons (Fsp3) is 0.364. The third-order valence-electron chi connectivity index (χ3n) is 2.27. The van der Waals surface area contributed by atoms with Gasteiger partial charge in [-0.15, -0.1) is 0 Å². The van der Waals surface area contributed by atoms with Gasteiger partial charge in [0.1, 0.15) is 10.8 Å². The smallest absolute Gasteiger partial charge is 0.237 e. The first kappa shape index (κ1) is 13.4.